The van der Waals surface area contributed by atoms with Gasteiger partial charge in [0.25, 0.3) is 0 Å². The van der Waals surface area contributed by atoms with Crippen molar-refractivity contribution in [3.8, 4) is 0 Å². The van der Waals surface area contributed by atoms with Crippen molar-refractivity contribution in [2.45, 2.75) is 13.3 Å². The third-order valence-electron chi connectivity index (χ3n) is 3.82. The van der Waals surface area contributed by atoms with Gasteiger partial charge < -0.3 is 9.80 Å². The summed E-state index contributed by atoms with van der Waals surface area (Å²) in [5.41, 5.74) is 2.25. The van der Waals surface area contributed by atoms with Crippen LogP contribution in [0.3, 0.4) is 0 Å². The molecule has 0 aromatic heterocycles. The quantitative estimate of drug-likeness (QED) is 0.834. The Morgan fingerprint density at radius 1 is 1.23 bits per heavy atom. The van der Waals surface area contributed by atoms with Crippen LogP contribution in [0.5, 0.6) is 0 Å². The number of nitrogens with zero attached hydrogens (tertiary/aromatic N) is 2. The molecule has 2 rings (SSSR count). The van der Waals surface area contributed by atoms with Crippen LogP contribution in [0, 0.1) is 6.92 Å². The van der Waals surface area contributed by atoms with E-state index >= 15 is 0 Å². The Morgan fingerprint density at radius 2 is 1.86 bits per heavy atom. The van der Waals surface area contributed by atoms with E-state index in [4.69, 9.17) is 11.6 Å². The lowest BCUT2D eigenvalue weighted by Gasteiger charge is -2.37. The summed E-state index contributed by atoms with van der Waals surface area (Å²) in [6.45, 7) is 4.74. The number of hydrogen-bond donors (Lipinski definition) is 0. The van der Waals surface area contributed by atoms with Gasteiger partial charge in [-0.1, -0.05) is 11.6 Å². The van der Waals surface area contributed by atoms with E-state index in [2.05, 4.69) is 4.90 Å². The molecule has 1 aliphatic rings. The number of carbonyl (C=O) groups excluding carboxylic acids is 1. The Kier molecular flexibility index (Phi) is 5.34. The van der Waals surface area contributed by atoms with Crippen molar-refractivity contribution in [3.05, 3.63) is 28.8 Å². The fourth-order valence-corrected chi connectivity index (χ4v) is 3.37. The molecule has 1 aromatic rings. The number of sulfone groups is 1. The normalized spacial score (nSPS) is 16.0. The first kappa shape index (κ1) is 17.1. The SMILES string of the molecule is Cc1cc(Cl)ccc1N1CCN(C(=O)CCS(C)(=O)=O)CC1. The third kappa shape index (κ3) is 4.61. The predicted octanol–water partition coefficient (Wildman–Crippen LogP) is 1.73. The van der Waals surface area contributed by atoms with Gasteiger partial charge >= 0.3 is 0 Å². The number of benzene rings is 1. The van der Waals surface area contributed by atoms with Gasteiger partial charge in [0.2, 0.25) is 5.91 Å². The van der Waals surface area contributed by atoms with Gasteiger partial charge in [-0.05, 0) is 30.7 Å². The monoisotopic (exact) mass is 344 g/mol. The van der Waals surface area contributed by atoms with Gasteiger partial charge in [0.05, 0.1) is 5.75 Å². The summed E-state index contributed by atoms with van der Waals surface area (Å²) in [5.74, 6) is -0.166. The Balaban J connectivity index is 1.91. The van der Waals surface area contributed by atoms with Crippen LogP contribution >= 0.6 is 11.6 Å². The first-order chi connectivity index (χ1) is 10.3. The predicted molar refractivity (Wildman–Crippen MR) is 89.3 cm³/mol. The van der Waals surface area contributed by atoms with E-state index in [-0.39, 0.29) is 18.1 Å². The molecular formula is C15H21ClN2O3S. The van der Waals surface area contributed by atoms with Gasteiger partial charge in [-0.15, -0.1) is 0 Å². The van der Waals surface area contributed by atoms with Gasteiger partial charge in [-0.25, -0.2) is 8.42 Å². The van der Waals surface area contributed by atoms with Crippen LogP contribution < -0.4 is 4.90 Å². The van der Waals surface area contributed by atoms with Crippen LogP contribution in [0.2, 0.25) is 5.02 Å². The highest BCUT2D eigenvalue weighted by Gasteiger charge is 2.22. The van der Waals surface area contributed by atoms with Crippen molar-refractivity contribution in [2.75, 3.05) is 43.1 Å². The summed E-state index contributed by atoms with van der Waals surface area (Å²) in [7, 11) is -3.09. The highest BCUT2D eigenvalue weighted by Crippen LogP contribution is 2.24. The molecule has 7 heteroatoms. The number of halogens is 1. The number of amides is 1. The zero-order valence-electron chi connectivity index (χ0n) is 12.9. The highest BCUT2D eigenvalue weighted by atomic mass is 35.5. The maximum Gasteiger partial charge on any atom is 0.223 e. The highest BCUT2D eigenvalue weighted by molar-refractivity contribution is 7.90. The average Bonchev–Trinajstić information content (AvgIpc) is 2.44. The van der Waals surface area contributed by atoms with E-state index in [0.717, 1.165) is 35.6 Å². The molecule has 0 bridgehead atoms. The largest absolute Gasteiger partial charge is 0.368 e. The molecule has 0 N–H and O–H groups in total. The first-order valence-corrected chi connectivity index (χ1v) is 9.67. The lowest BCUT2D eigenvalue weighted by atomic mass is 10.1. The average molecular weight is 345 g/mol. The molecule has 1 saturated heterocycles. The van der Waals surface area contributed by atoms with Crippen LogP contribution in [0.1, 0.15) is 12.0 Å². The minimum absolute atomic E-state index is 0.0683. The molecule has 1 fully saturated rings. The molecule has 0 unspecified atom stereocenters. The van der Waals surface area contributed by atoms with Gasteiger partial charge in [-0.3, -0.25) is 4.79 Å². The van der Waals surface area contributed by atoms with Crippen LogP contribution in [0.25, 0.3) is 0 Å². The molecular weight excluding hydrogens is 324 g/mol. The van der Waals surface area contributed by atoms with Crippen LogP contribution in [0.4, 0.5) is 5.69 Å². The van der Waals surface area contributed by atoms with Gasteiger partial charge in [-0.2, -0.15) is 0 Å². The van der Waals surface area contributed by atoms with Crippen molar-refractivity contribution in [3.63, 3.8) is 0 Å². The number of piperazine rings is 1. The number of aryl methyl sites for hydroxylation is 1. The molecule has 0 aliphatic carbocycles. The van der Waals surface area contributed by atoms with Crippen LogP contribution in [-0.2, 0) is 14.6 Å². The molecule has 1 amide bonds. The van der Waals surface area contributed by atoms with E-state index in [1.807, 2.05) is 25.1 Å². The minimum Gasteiger partial charge on any atom is -0.368 e. The van der Waals surface area contributed by atoms with Gasteiger partial charge in [0.1, 0.15) is 9.84 Å². The topological polar surface area (TPSA) is 57.7 Å². The zero-order chi connectivity index (χ0) is 16.3. The van der Waals surface area contributed by atoms with Crippen LogP contribution in [-0.4, -0.2) is 57.4 Å². The van der Waals surface area contributed by atoms with E-state index in [1.54, 1.807) is 4.90 Å². The number of carbonyl (C=O) groups is 1. The Hall–Kier alpha value is -1.27. The Labute approximate surface area is 136 Å². The smallest absolute Gasteiger partial charge is 0.223 e. The molecule has 5 nitrogen and oxygen atoms in total. The summed E-state index contributed by atoms with van der Waals surface area (Å²) < 4.78 is 22.3. The summed E-state index contributed by atoms with van der Waals surface area (Å²) in [6.07, 6.45) is 1.22. The number of rotatable bonds is 4. The molecule has 0 saturated carbocycles. The molecule has 1 heterocycles. The standard InChI is InChI=1S/C15H21ClN2O3S/c1-12-11-13(16)3-4-14(12)17-6-8-18(9-7-17)15(19)5-10-22(2,20)21/h3-4,11H,5-10H2,1-2H3. The van der Waals surface area contributed by atoms with E-state index in [0.29, 0.717) is 13.1 Å². The lowest BCUT2D eigenvalue weighted by molar-refractivity contribution is -0.131. The van der Waals surface area contributed by atoms with Crippen molar-refractivity contribution < 1.29 is 13.2 Å². The van der Waals surface area contributed by atoms with E-state index in [9.17, 15) is 13.2 Å². The minimum atomic E-state index is -3.09. The lowest BCUT2D eigenvalue weighted by Crippen LogP contribution is -2.49. The van der Waals surface area contributed by atoms with Crippen molar-refractivity contribution in [1.29, 1.82) is 0 Å². The summed E-state index contributed by atoms with van der Waals surface area (Å²) >= 11 is 5.97. The molecule has 122 valence electrons. The summed E-state index contributed by atoms with van der Waals surface area (Å²) in [4.78, 5) is 16.0. The molecule has 0 radical (unpaired) electrons. The fraction of sp³-hybridized carbons (Fsp3) is 0.533. The van der Waals surface area contributed by atoms with Crippen molar-refractivity contribution in [1.82, 2.24) is 4.90 Å². The molecule has 0 spiro atoms. The summed E-state index contributed by atoms with van der Waals surface area (Å²) in [5, 5.41) is 0.718. The second-order valence-corrected chi connectivity index (χ2v) is 8.37. The number of hydrogen-bond acceptors (Lipinski definition) is 4. The second kappa shape index (κ2) is 6.87. The third-order valence-corrected chi connectivity index (χ3v) is 5.00. The number of anilines is 1. The Morgan fingerprint density at radius 3 is 2.41 bits per heavy atom. The van der Waals surface area contributed by atoms with Gasteiger partial charge in [0, 0.05) is 49.6 Å². The molecule has 22 heavy (non-hydrogen) atoms. The Bertz CT molecular complexity index is 653. The second-order valence-electron chi connectivity index (χ2n) is 5.68. The molecule has 1 aliphatic heterocycles. The maximum atomic E-state index is 12.0. The molecule has 0 atom stereocenters. The van der Waals surface area contributed by atoms with Crippen molar-refractivity contribution in [2.24, 2.45) is 0 Å². The zero-order valence-corrected chi connectivity index (χ0v) is 14.5. The van der Waals surface area contributed by atoms with Crippen LogP contribution in [0.15, 0.2) is 18.2 Å². The fourth-order valence-electron chi connectivity index (χ4n) is 2.60. The van der Waals surface area contributed by atoms with E-state index in [1.165, 1.54) is 0 Å². The molecule has 1 aromatic carbocycles. The first-order valence-electron chi connectivity index (χ1n) is 7.23. The summed E-state index contributed by atoms with van der Waals surface area (Å²) in [6, 6.07) is 5.80. The van der Waals surface area contributed by atoms with Crippen molar-refractivity contribution >= 4 is 33.0 Å². The van der Waals surface area contributed by atoms with E-state index < -0.39 is 9.84 Å². The van der Waals surface area contributed by atoms with Gasteiger partial charge in [0.15, 0.2) is 0 Å². The maximum absolute atomic E-state index is 12.0.